The van der Waals surface area contributed by atoms with Gasteiger partial charge in [-0.2, -0.15) is 8.62 Å². The molecule has 3 rings (SSSR count). The van der Waals surface area contributed by atoms with E-state index >= 15 is 0 Å². The summed E-state index contributed by atoms with van der Waals surface area (Å²) in [6.45, 7) is 4.09. The van der Waals surface area contributed by atoms with Gasteiger partial charge in [-0.3, -0.25) is 25.2 Å². The maximum atomic E-state index is 12.8. The van der Waals surface area contributed by atoms with Crippen molar-refractivity contribution in [2.75, 3.05) is 20.3 Å². The number of benzene rings is 1. The normalized spacial score (nSPS) is 25.7. The van der Waals surface area contributed by atoms with Crippen LogP contribution in [-0.4, -0.2) is 85.5 Å². The van der Waals surface area contributed by atoms with Crippen LogP contribution in [0.3, 0.4) is 0 Å². The minimum atomic E-state index is -5.75. The SMILES string of the molecule is COc1ccc([N+](=O)[O-])c([C@@H](OCC2=CN([C@H]3C[C@@H](O)[C@@H](COP(=O)(O)OP(=O)(O)OP(=O)(O)O)O3)C(N)NC2=O)C(C)(C)C)c1. The van der Waals surface area contributed by atoms with Crippen molar-refractivity contribution in [3.8, 4) is 5.75 Å². The number of aliphatic hydroxyl groups is 1. The molecule has 0 aromatic heterocycles. The summed E-state index contributed by atoms with van der Waals surface area (Å²) in [5.74, 6) is -0.274. The number of ether oxygens (including phenoxy) is 3. The summed E-state index contributed by atoms with van der Waals surface area (Å²) in [5.41, 5.74) is 5.37. The zero-order valence-corrected chi connectivity index (χ0v) is 27.4. The number of nitrogens with zero attached hydrogens (tertiary/aromatic N) is 2. The van der Waals surface area contributed by atoms with E-state index in [4.69, 9.17) is 29.7 Å². The topological polar surface area (TPSA) is 309 Å². The van der Waals surface area contributed by atoms with Crippen molar-refractivity contribution in [3.63, 3.8) is 0 Å². The van der Waals surface area contributed by atoms with E-state index in [0.29, 0.717) is 5.75 Å². The number of methoxy groups -OCH3 is 1. The Labute approximate surface area is 261 Å². The number of phosphoric acid groups is 3. The van der Waals surface area contributed by atoms with Crippen LogP contribution in [0.25, 0.3) is 0 Å². The van der Waals surface area contributed by atoms with E-state index in [1.54, 1.807) is 20.8 Å². The van der Waals surface area contributed by atoms with Gasteiger partial charge >= 0.3 is 23.5 Å². The third-order valence-electron chi connectivity index (χ3n) is 6.46. The fourth-order valence-electron chi connectivity index (χ4n) is 4.52. The minimum absolute atomic E-state index is 0.0244. The van der Waals surface area contributed by atoms with E-state index in [1.807, 2.05) is 0 Å². The molecule has 1 aromatic carbocycles. The largest absolute Gasteiger partial charge is 0.497 e. The van der Waals surface area contributed by atoms with Crippen molar-refractivity contribution in [1.29, 1.82) is 0 Å². The zero-order valence-electron chi connectivity index (χ0n) is 24.8. The fourth-order valence-corrected chi connectivity index (χ4v) is 7.55. The Bertz CT molecular complexity index is 1480. The van der Waals surface area contributed by atoms with Gasteiger partial charge in [0.25, 0.3) is 11.6 Å². The average molecular weight is 720 g/mol. The molecule has 2 aliphatic heterocycles. The molecule has 0 radical (unpaired) electrons. The van der Waals surface area contributed by atoms with Crippen LogP contribution in [-0.2, 0) is 41.1 Å². The summed E-state index contributed by atoms with van der Waals surface area (Å²) < 4.78 is 63.2. The number of nitro benzene ring substituents is 1. The molecule has 0 saturated carbocycles. The Morgan fingerprint density at radius 2 is 1.83 bits per heavy atom. The van der Waals surface area contributed by atoms with Gasteiger partial charge in [-0.05, 0) is 17.5 Å². The molecule has 260 valence electrons. The molecule has 3 unspecified atom stereocenters. The number of hydrogen-bond acceptors (Lipinski definition) is 15. The minimum Gasteiger partial charge on any atom is -0.497 e. The van der Waals surface area contributed by atoms with E-state index in [9.17, 15) is 43.5 Å². The van der Waals surface area contributed by atoms with Crippen molar-refractivity contribution in [3.05, 3.63) is 45.6 Å². The first-order chi connectivity index (χ1) is 21.0. The van der Waals surface area contributed by atoms with E-state index in [2.05, 4.69) is 18.5 Å². The van der Waals surface area contributed by atoms with Gasteiger partial charge in [0, 0.05) is 18.7 Å². The highest BCUT2D eigenvalue weighted by molar-refractivity contribution is 7.66. The maximum absolute atomic E-state index is 12.8. The number of carbonyl (C=O) groups excluding carboxylic acids is 1. The van der Waals surface area contributed by atoms with Gasteiger partial charge in [-0.15, -0.1) is 0 Å². The molecule has 1 amide bonds. The third kappa shape index (κ3) is 10.3. The highest BCUT2D eigenvalue weighted by Gasteiger charge is 2.44. The standard InChI is InChI=1S/C22H35N4O17P3/c1-22(2,3)19(14-7-13(38-4)5-6-15(14)26(29)30)39-10-12-9-25(21(23)24-20(12)28)18-8-16(27)17(41-18)11-40-45(34,35)43-46(36,37)42-44(31,32)33/h5-7,9,16-19,21,27H,8,10-11,23H2,1-4H3,(H,24,28)(H,34,35)(H,36,37)(H2,31,32,33)/t16-,17-,18-,19-,21?/m1/s1. The molecule has 1 saturated heterocycles. The number of nitrogens with two attached hydrogens (primary N) is 1. The highest BCUT2D eigenvalue weighted by atomic mass is 31.3. The second kappa shape index (κ2) is 14.4. The Hall–Kier alpha value is -2.32. The number of phosphoric ester groups is 1. The Morgan fingerprint density at radius 1 is 1.17 bits per heavy atom. The van der Waals surface area contributed by atoms with Crippen molar-refractivity contribution in [2.45, 2.75) is 58.0 Å². The van der Waals surface area contributed by atoms with E-state index < -0.39 is 77.1 Å². The Kier molecular flexibility index (Phi) is 12.0. The average Bonchev–Trinajstić information content (AvgIpc) is 3.25. The monoisotopic (exact) mass is 720 g/mol. The molecule has 21 nitrogen and oxygen atoms in total. The predicted molar refractivity (Wildman–Crippen MR) is 153 cm³/mol. The molecular formula is C22H35N4O17P3. The molecule has 1 fully saturated rings. The molecular weight excluding hydrogens is 685 g/mol. The van der Waals surface area contributed by atoms with Crippen LogP contribution in [0.4, 0.5) is 5.69 Å². The summed E-state index contributed by atoms with van der Waals surface area (Å²) in [6, 6.07) is 4.19. The van der Waals surface area contributed by atoms with E-state index in [0.717, 1.165) is 0 Å². The van der Waals surface area contributed by atoms with Crippen molar-refractivity contribution in [2.24, 2.45) is 11.1 Å². The fraction of sp³-hybridized carbons (Fsp3) is 0.591. The van der Waals surface area contributed by atoms with Crippen LogP contribution < -0.4 is 15.8 Å². The summed E-state index contributed by atoms with van der Waals surface area (Å²) >= 11 is 0. The molecule has 7 atom stereocenters. The molecule has 8 N–H and O–H groups in total. The lowest BCUT2D eigenvalue weighted by molar-refractivity contribution is -0.386. The van der Waals surface area contributed by atoms with Crippen molar-refractivity contribution < 1.29 is 75.4 Å². The summed E-state index contributed by atoms with van der Waals surface area (Å²) in [7, 11) is -15.4. The maximum Gasteiger partial charge on any atom is 0.490 e. The number of carbonyl (C=O) groups is 1. The van der Waals surface area contributed by atoms with Gasteiger partial charge in [-0.1, -0.05) is 20.8 Å². The molecule has 0 aliphatic carbocycles. The summed E-state index contributed by atoms with van der Waals surface area (Å²) in [6.07, 6.45) is -4.74. The van der Waals surface area contributed by atoms with Crippen LogP contribution in [0, 0.1) is 15.5 Å². The first kappa shape index (κ1) is 38.1. The number of hydrogen-bond donors (Lipinski definition) is 7. The predicted octanol–water partition coefficient (Wildman–Crippen LogP) is 1.08. The first-order valence-electron chi connectivity index (χ1n) is 13.1. The van der Waals surface area contributed by atoms with Crippen LogP contribution in [0.1, 0.15) is 38.9 Å². The number of amides is 1. The van der Waals surface area contributed by atoms with Gasteiger partial charge in [0.15, 0.2) is 6.29 Å². The Balaban J connectivity index is 1.74. The van der Waals surface area contributed by atoms with Gasteiger partial charge in [-0.25, -0.2) is 13.7 Å². The van der Waals surface area contributed by atoms with Crippen LogP contribution in [0.5, 0.6) is 5.75 Å². The van der Waals surface area contributed by atoms with Crippen molar-refractivity contribution >= 4 is 35.1 Å². The van der Waals surface area contributed by atoms with Gasteiger partial charge in [0.2, 0.25) is 0 Å². The number of aliphatic hydroxyl groups excluding tert-OH is 1. The van der Waals surface area contributed by atoms with Crippen LogP contribution in [0.2, 0.25) is 0 Å². The highest BCUT2D eigenvalue weighted by Crippen LogP contribution is 2.66. The van der Waals surface area contributed by atoms with Crippen LogP contribution >= 0.6 is 23.5 Å². The van der Waals surface area contributed by atoms with Crippen molar-refractivity contribution in [1.82, 2.24) is 10.2 Å². The molecule has 46 heavy (non-hydrogen) atoms. The van der Waals surface area contributed by atoms with E-state index in [1.165, 1.54) is 36.4 Å². The summed E-state index contributed by atoms with van der Waals surface area (Å²) in [4.78, 5) is 61.5. The zero-order chi connectivity index (χ0) is 34.8. The number of rotatable bonds is 14. The smallest absolute Gasteiger partial charge is 0.490 e. The van der Waals surface area contributed by atoms with Gasteiger partial charge in [0.05, 0.1) is 48.6 Å². The lowest BCUT2D eigenvalue weighted by Crippen LogP contribution is -2.59. The lowest BCUT2D eigenvalue weighted by Gasteiger charge is -2.37. The van der Waals surface area contributed by atoms with E-state index in [-0.39, 0.29) is 29.9 Å². The molecule has 1 aromatic rings. The number of nitrogens with one attached hydrogen (secondary N) is 1. The molecule has 2 heterocycles. The third-order valence-corrected chi connectivity index (χ3v) is 10.3. The molecule has 0 bridgehead atoms. The number of nitro groups is 1. The second-order valence-electron chi connectivity index (χ2n) is 11.1. The second-order valence-corrected chi connectivity index (χ2v) is 15.5. The quantitative estimate of drug-likeness (QED) is 0.0803. The molecule has 0 spiro atoms. The van der Waals surface area contributed by atoms with Gasteiger partial charge in [0.1, 0.15) is 18.1 Å². The van der Waals surface area contributed by atoms with Gasteiger partial charge < -0.3 is 49.1 Å². The molecule has 2 aliphatic rings. The Morgan fingerprint density at radius 3 is 2.39 bits per heavy atom. The van der Waals surface area contributed by atoms with Crippen LogP contribution in [0.15, 0.2) is 30.0 Å². The first-order valence-corrected chi connectivity index (χ1v) is 17.6. The molecule has 24 heteroatoms. The summed E-state index contributed by atoms with van der Waals surface area (Å²) in [5, 5.41) is 24.7. The lowest BCUT2D eigenvalue weighted by atomic mass is 9.83.